The maximum absolute atomic E-state index is 13.4. The average Bonchev–Trinajstić information content (AvgIpc) is 3.23. The van der Waals surface area contributed by atoms with Gasteiger partial charge in [-0.25, -0.2) is 4.98 Å². The summed E-state index contributed by atoms with van der Waals surface area (Å²) in [6.07, 6.45) is 9.49. The third kappa shape index (κ3) is 5.54. The number of fused-ring (bicyclic) bond motifs is 1. The van der Waals surface area contributed by atoms with E-state index in [1.807, 2.05) is 18.3 Å². The molecule has 2 N–H and O–H groups in total. The van der Waals surface area contributed by atoms with E-state index >= 15 is 0 Å². The minimum Gasteiger partial charge on any atom is -0.328 e. The van der Waals surface area contributed by atoms with Gasteiger partial charge in [0.15, 0.2) is 0 Å². The summed E-state index contributed by atoms with van der Waals surface area (Å²) in [7, 11) is 0. The molecule has 0 saturated heterocycles. The Kier molecular flexibility index (Phi) is 7.10. The fourth-order valence-electron chi connectivity index (χ4n) is 5.65. The average molecular weight is 466 g/mol. The Morgan fingerprint density at radius 3 is 2.60 bits per heavy atom. The summed E-state index contributed by atoms with van der Waals surface area (Å²) in [6.45, 7) is 2.87. The number of aryl methyl sites for hydroxylation is 1. The molecule has 1 unspecified atom stereocenters. The first-order chi connectivity index (χ1) is 17.1. The molecule has 4 heteroatoms. The number of carbonyl (C=O) groups is 1. The van der Waals surface area contributed by atoms with Crippen LogP contribution in [0.2, 0.25) is 0 Å². The molecule has 2 aromatic heterocycles. The first-order valence-corrected chi connectivity index (χ1v) is 12.9. The number of pyridine rings is 1. The zero-order valence-electron chi connectivity index (χ0n) is 20.6. The quantitative estimate of drug-likeness (QED) is 0.328. The molecule has 2 aromatic carbocycles. The van der Waals surface area contributed by atoms with Crippen LogP contribution in [0.4, 0.5) is 0 Å². The summed E-state index contributed by atoms with van der Waals surface area (Å²) >= 11 is 0. The van der Waals surface area contributed by atoms with Crippen LogP contribution in [0.15, 0.2) is 79.1 Å². The van der Waals surface area contributed by atoms with E-state index < -0.39 is 0 Å². The number of aromatic nitrogens is 2. The molecule has 1 aliphatic carbocycles. The molecular weight excluding hydrogens is 430 g/mol. The molecule has 1 aliphatic rings. The predicted octanol–water partition coefficient (Wildman–Crippen LogP) is 6.39. The van der Waals surface area contributed by atoms with Crippen molar-refractivity contribution < 1.29 is 4.79 Å². The standard InChI is InChI=1S/C31H35N3O/c1-22-7-5-10-25(17-22)29(19-27(35)18-23-12-14-26(32)15-13-23)30-21-34(20-24-8-3-2-4-9-24)31-28(30)11-6-16-33-31/h2-11,16-17,21,23,26,29H,12-15,18-20,32H2,1H3. The third-order valence-corrected chi connectivity index (χ3v) is 7.52. The van der Waals surface area contributed by atoms with Crippen molar-refractivity contribution in [2.24, 2.45) is 11.7 Å². The van der Waals surface area contributed by atoms with Crippen LogP contribution in [0.3, 0.4) is 0 Å². The first kappa shape index (κ1) is 23.5. The SMILES string of the molecule is Cc1cccc(C(CC(=O)CC2CCC(N)CC2)c2cn(Cc3ccccc3)c3ncccc23)c1. The van der Waals surface area contributed by atoms with Gasteiger partial charge in [0, 0.05) is 49.1 Å². The summed E-state index contributed by atoms with van der Waals surface area (Å²) < 4.78 is 2.23. The third-order valence-electron chi connectivity index (χ3n) is 7.52. The fraction of sp³-hybridized carbons (Fsp3) is 0.355. The molecule has 0 bridgehead atoms. The molecule has 1 saturated carbocycles. The van der Waals surface area contributed by atoms with Crippen molar-refractivity contribution in [3.8, 4) is 0 Å². The summed E-state index contributed by atoms with van der Waals surface area (Å²) in [5, 5.41) is 1.13. The molecule has 5 rings (SSSR count). The minimum absolute atomic E-state index is 0.0111. The van der Waals surface area contributed by atoms with Crippen LogP contribution in [0.1, 0.15) is 66.7 Å². The van der Waals surface area contributed by atoms with E-state index in [2.05, 4.69) is 72.3 Å². The maximum atomic E-state index is 13.4. The lowest BCUT2D eigenvalue weighted by Gasteiger charge is -2.26. The van der Waals surface area contributed by atoms with Crippen LogP contribution in [0.5, 0.6) is 0 Å². The zero-order chi connectivity index (χ0) is 24.2. The number of carbonyl (C=O) groups excluding carboxylic acids is 1. The van der Waals surface area contributed by atoms with Crippen molar-refractivity contribution >= 4 is 16.8 Å². The smallest absolute Gasteiger partial charge is 0.140 e. The van der Waals surface area contributed by atoms with Gasteiger partial charge in [-0.05, 0) is 67.3 Å². The number of hydrogen-bond donors (Lipinski definition) is 1. The van der Waals surface area contributed by atoms with Crippen LogP contribution < -0.4 is 5.73 Å². The van der Waals surface area contributed by atoms with Gasteiger partial charge in [-0.3, -0.25) is 4.79 Å². The number of rotatable bonds is 8. The van der Waals surface area contributed by atoms with Gasteiger partial charge < -0.3 is 10.3 Å². The summed E-state index contributed by atoms with van der Waals surface area (Å²) in [5.41, 5.74) is 11.9. The lowest BCUT2D eigenvalue weighted by molar-refractivity contribution is -0.120. The lowest BCUT2D eigenvalue weighted by Crippen LogP contribution is -2.27. The predicted molar refractivity (Wildman–Crippen MR) is 142 cm³/mol. The number of Topliss-reactive ketones (excluding diaryl/α,β-unsaturated/α-hetero) is 1. The molecule has 4 aromatic rings. The van der Waals surface area contributed by atoms with Gasteiger partial charge in [0.25, 0.3) is 0 Å². The van der Waals surface area contributed by atoms with Crippen LogP contribution in [0, 0.1) is 12.8 Å². The highest BCUT2D eigenvalue weighted by Crippen LogP contribution is 2.36. The second-order valence-electron chi connectivity index (χ2n) is 10.3. The van der Waals surface area contributed by atoms with Crippen molar-refractivity contribution in [1.29, 1.82) is 0 Å². The van der Waals surface area contributed by atoms with E-state index in [0.717, 1.165) is 43.3 Å². The molecule has 2 heterocycles. The fourth-order valence-corrected chi connectivity index (χ4v) is 5.65. The molecule has 180 valence electrons. The normalized spacial score (nSPS) is 19.0. The summed E-state index contributed by atoms with van der Waals surface area (Å²) in [4.78, 5) is 18.2. The van der Waals surface area contributed by atoms with E-state index in [-0.39, 0.29) is 5.92 Å². The Labute approximate surface area is 208 Å². The van der Waals surface area contributed by atoms with Gasteiger partial charge in [0.1, 0.15) is 11.4 Å². The second-order valence-corrected chi connectivity index (χ2v) is 10.3. The number of benzene rings is 2. The highest BCUT2D eigenvalue weighted by Gasteiger charge is 2.26. The molecule has 0 aliphatic heterocycles. The number of nitrogens with two attached hydrogens (primary N) is 1. The second kappa shape index (κ2) is 10.6. The number of hydrogen-bond acceptors (Lipinski definition) is 3. The van der Waals surface area contributed by atoms with Crippen molar-refractivity contribution in [2.75, 3.05) is 0 Å². The Morgan fingerprint density at radius 1 is 1.03 bits per heavy atom. The lowest BCUT2D eigenvalue weighted by atomic mass is 9.80. The van der Waals surface area contributed by atoms with E-state index in [1.165, 1.54) is 22.3 Å². The number of ketones is 1. The number of nitrogens with zero attached hydrogens (tertiary/aromatic N) is 2. The van der Waals surface area contributed by atoms with Gasteiger partial charge in [-0.15, -0.1) is 0 Å². The molecule has 0 radical (unpaired) electrons. The van der Waals surface area contributed by atoms with Gasteiger partial charge in [0.2, 0.25) is 0 Å². The summed E-state index contributed by atoms with van der Waals surface area (Å²) in [6, 6.07) is 23.6. The Hall–Kier alpha value is -3.24. The Morgan fingerprint density at radius 2 is 1.83 bits per heavy atom. The van der Waals surface area contributed by atoms with E-state index in [9.17, 15) is 4.79 Å². The van der Waals surface area contributed by atoms with Crippen LogP contribution in [0.25, 0.3) is 11.0 Å². The minimum atomic E-state index is 0.0111. The van der Waals surface area contributed by atoms with Crippen molar-refractivity contribution in [3.63, 3.8) is 0 Å². The van der Waals surface area contributed by atoms with Gasteiger partial charge in [-0.2, -0.15) is 0 Å². The molecule has 1 atom stereocenters. The Bertz CT molecular complexity index is 1290. The highest BCUT2D eigenvalue weighted by molar-refractivity contribution is 5.85. The Balaban J connectivity index is 1.49. The van der Waals surface area contributed by atoms with Crippen LogP contribution >= 0.6 is 0 Å². The topological polar surface area (TPSA) is 60.9 Å². The molecule has 0 amide bonds. The monoisotopic (exact) mass is 465 g/mol. The highest BCUT2D eigenvalue weighted by atomic mass is 16.1. The zero-order valence-corrected chi connectivity index (χ0v) is 20.6. The first-order valence-electron chi connectivity index (χ1n) is 12.9. The molecule has 35 heavy (non-hydrogen) atoms. The molecular formula is C31H35N3O. The van der Waals surface area contributed by atoms with Crippen LogP contribution in [-0.4, -0.2) is 21.4 Å². The van der Waals surface area contributed by atoms with Crippen LogP contribution in [-0.2, 0) is 11.3 Å². The molecule has 0 spiro atoms. The van der Waals surface area contributed by atoms with Crippen molar-refractivity contribution in [3.05, 3.63) is 101 Å². The van der Waals surface area contributed by atoms with E-state index in [1.54, 1.807) is 0 Å². The van der Waals surface area contributed by atoms with Gasteiger partial charge in [-0.1, -0.05) is 60.2 Å². The van der Waals surface area contributed by atoms with E-state index in [0.29, 0.717) is 30.6 Å². The van der Waals surface area contributed by atoms with Gasteiger partial charge >= 0.3 is 0 Å². The van der Waals surface area contributed by atoms with E-state index in [4.69, 9.17) is 10.7 Å². The van der Waals surface area contributed by atoms with Crippen molar-refractivity contribution in [2.45, 2.75) is 64.0 Å². The maximum Gasteiger partial charge on any atom is 0.140 e. The molecule has 1 fully saturated rings. The molecule has 4 nitrogen and oxygen atoms in total. The summed E-state index contributed by atoms with van der Waals surface area (Å²) in [5.74, 6) is 0.836. The van der Waals surface area contributed by atoms with Crippen molar-refractivity contribution in [1.82, 2.24) is 9.55 Å². The van der Waals surface area contributed by atoms with Gasteiger partial charge in [0.05, 0.1) is 0 Å². The largest absolute Gasteiger partial charge is 0.328 e.